The predicted molar refractivity (Wildman–Crippen MR) is 96.7 cm³/mol. The number of aliphatic hydroxyl groups excluding tert-OH is 2. The number of pyridine rings is 1. The molecule has 2 aromatic rings. The lowest BCUT2D eigenvalue weighted by Gasteiger charge is -2.29. The molecule has 0 aliphatic carbocycles. The van der Waals surface area contributed by atoms with Crippen LogP contribution in [-0.2, 0) is 22.9 Å². The van der Waals surface area contributed by atoms with Crippen molar-refractivity contribution < 1.29 is 37.9 Å². The third-order valence-corrected chi connectivity index (χ3v) is 6.16. The molecule has 2 aliphatic rings. The number of aliphatic hydroxyl groups is 2. The van der Waals surface area contributed by atoms with E-state index >= 15 is 0 Å². The average molecular weight is 441 g/mol. The number of carbonyl (C=O) groups excluding carboxylic acids is 1. The number of phosphoric acid groups is 1. The second kappa shape index (κ2) is 8.47. The zero-order valence-corrected chi connectivity index (χ0v) is 16.4. The molecular formula is C16H20N5O8P. The molecule has 0 saturated carbocycles. The van der Waals surface area contributed by atoms with Crippen LogP contribution in [0.3, 0.4) is 0 Å². The van der Waals surface area contributed by atoms with Gasteiger partial charge in [0.2, 0.25) is 5.82 Å². The van der Waals surface area contributed by atoms with Crippen molar-refractivity contribution in [3.05, 3.63) is 42.2 Å². The van der Waals surface area contributed by atoms with Gasteiger partial charge in [0.25, 0.3) is 5.91 Å². The highest BCUT2D eigenvalue weighted by atomic mass is 31.2. The molecular weight excluding hydrogens is 421 g/mol. The summed E-state index contributed by atoms with van der Waals surface area (Å²) in [6, 6.07) is 3.48. The molecule has 0 spiro atoms. The van der Waals surface area contributed by atoms with Crippen LogP contribution in [-0.4, -0.2) is 67.4 Å². The molecule has 2 aromatic heterocycles. The van der Waals surface area contributed by atoms with Crippen LogP contribution in [0.1, 0.15) is 34.9 Å². The third-order valence-electron chi connectivity index (χ3n) is 4.69. The molecule has 4 heterocycles. The molecule has 30 heavy (non-hydrogen) atoms. The fourth-order valence-corrected chi connectivity index (χ4v) is 4.54. The summed E-state index contributed by atoms with van der Waals surface area (Å²) in [6.45, 7) is -0.231. The molecule has 4 rings (SSSR count). The lowest BCUT2D eigenvalue weighted by Crippen LogP contribution is -2.34. The Balaban J connectivity index is 1.39. The monoisotopic (exact) mass is 441 g/mol. The van der Waals surface area contributed by atoms with Crippen LogP contribution < -0.4 is 5.73 Å². The van der Waals surface area contributed by atoms with Gasteiger partial charge in [-0.05, 0) is 17.7 Å². The molecule has 0 radical (unpaired) electrons. The summed E-state index contributed by atoms with van der Waals surface area (Å²) < 4.78 is 35.5. The predicted octanol–water partition coefficient (Wildman–Crippen LogP) is -0.306. The second-order valence-electron chi connectivity index (χ2n) is 6.70. The van der Waals surface area contributed by atoms with Crippen LogP contribution in [0.25, 0.3) is 0 Å². The quantitative estimate of drug-likeness (QED) is 0.500. The number of rotatable bonds is 6. The first-order valence-electron chi connectivity index (χ1n) is 9.06. The lowest BCUT2D eigenvalue weighted by atomic mass is 10.1. The SMILES string of the molecule is NC(=O)c1ncn([C@@H]2O[C@H](COP3(=O)OCC[C@@H](c4ccncc4)O3)[C@@H](O)[C@H]2O)n1. The van der Waals surface area contributed by atoms with E-state index in [2.05, 4.69) is 15.1 Å². The molecule has 1 amide bonds. The highest BCUT2D eigenvalue weighted by Gasteiger charge is 2.46. The lowest BCUT2D eigenvalue weighted by molar-refractivity contribution is -0.0641. The summed E-state index contributed by atoms with van der Waals surface area (Å²) in [4.78, 5) is 18.8. The third kappa shape index (κ3) is 4.27. The summed E-state index contributed by atoms with van der Waals surface area (Å²) in [7, 11) is -3.92. The maximum Gasteiger partial charge on any atom is 0.475 e. The van der Waals surface area contributed by atoms with Gasteiger partial charge in [-0.1, -0.05) is 0 Å². The van der Waals surface area contributed by atoms with Gasteiger partial charge in [0.15, 0.2) is 6.23 Å². The van der Waals surface area contributed by atoms with E-state index in [0.29, 0.717) is 6.42 Å². The van der Waals surface area contributed by atoms with Gasteiger partial charge < -0.3 is 20.7 Å². The Labute approximate surface area is 170 Å². The van der Waals surface area contributed by atoms with E-state index in [1.165, 1.54) is 0 Å². The summed E-state index contributed by atoms with van der Waals surface area (Å²) in [5.74, 6) is -1.12. The summed E-state index contributed by atoms with van der Waals surface area (Å²) in [5, 5.41) is 24.3. The average Bonchev–Trinajstić information content (AvgIpc) is 3.33. The molecule has 162 valence electrons. The first-order valence-corrected chi connectivity index (χ1v) is 10.5. The maximum atomic E-state index is 12.8. The summed E-state index contributed by atoms with van der Waals surface area (Å²) in [6.07, 6.45) is -0.686. The minimum atomic E-state index is -3.92. The molecule has 2 saturated heterocycles. The first-order chi connectivity index (χ1) is 14.4. The number of aromatic nitrogens is 4. The van der Waals surface area contributed by atoms with Gasteiger partial charge in [0, 0.05) is 18.8 Å². The van der Waals surface area contributed by atoms with Crippen LogP contribution in [0, 0.1) is 0 Å². The van der Waals surface area contributed by atoms with E-state index in [0.717, 1.165) is 16.6 Å². The second-order valence-corrected chi connectivity index (χ2v) is 8.32. The smallest absolute Gasteiger partial charge is 0.387 e. The van der Waals surface area contributed by atoms with Crippen molar-refractivity contribution >= 4 is 13.7 Å². The Morgan fingerprint density at radius 3 is 2.80 bits per heavy atom. The van der Waals surface area contributed by atoms with Crippen molar-refractivity contribution in [3.63, 3.8) is 0 Å². The van der Waals surface area contributed by atoms with Crippen molar-refractivity contribution in [3.8, 4) is 0 Å². The van der Waals surface area contributed by atoms with Gasteiger partial charge in [0.1, 0.15) is 24.6 Å². The number of hydrogen-bond donors (Lipinski definition) is 3. The fraction of sp³-hybridized carbons (Fsp3) is 0.500. The molecule has 2 aliphatic heterocycles. The molecule has 0 bridgehead atoms. The van der Waals surface area contributed by atoms with Gasteiger partial charge in [-0.25, -0.2) is 14.2 Å². The van der Waals surface area contributed by atoms with Crippen molar-refractivity contribution in [2.45, 2.75) is 37.1 Å². The van der Waals surface area contributed by atoms with E-state index < -0.39 is 44.4 Å². The highest BCUT2D eigenvalue weighted by molar-refractivity contribution is 7.48. The number of primary amides is 1. The number of amides is 1. The molecule has 6 atom stereocenters. The molecule has 2 fully saturated rings. The number of ether oxygens (including phenoxy) is 1. The minimum Gasteiger partial charge on any atom is -0.387 e. The van der Waals surface area contributed by atoms with Crippen LogP contribution in [0.5, 0.6) is 0 Å². The van der Waals surface area contributed by atoms with Crippen LogP contribution in [0.4, 0.5) is 0 Å². The number of nitrogens with zero attached hydrogens (tertiary/aromatic N) is 4. The number of carbonyl (C=O) groups is 1. The van der Waals surface area contributed by atoms with Crippen molar-refractivity contribution in [1.82, 2.24) is 19.7 Å². The molecule has 0 aromatic carbocycles. The maximum absolute atomic E-state index is 12.8. The molecule has 1 unspecified atom stereocenters. The Kier molecular flexibility index (Phi) is 5.93. The van der Waals surface area contributed by atoms with Gasteiger partial charge in [-0.2, -0.15) is 0 Å². The number of hydrogen-bond acceptors (Lipinski definition) is 11. The molecule has 4 N–H and O–H groups in total. The van der Waals surface area contributed by atoms with Crippen LogP contribution in [0.2, 0.25) is 0 Å². The van der Waals surface area contributed by atoms with Crippen LogP contribution >= 0.6 is 7.82 Å². The van der Waals surface area contributed by atoms with E-state index in [-0.39, 0.29) is 19.0 Å². The standard InChI is InChI=1S/C16H20N5O8P/c17-14(24)15-19-8-21(20-15)16-13(23)12(22)11(28-16)7-27-30(25)26-6-3-10(29-30)9-1-4-18-5-2-9/h1-2,4-5,8,10-13,16,22-23H,3,6-7H2,(H2,17,24)/t10-,11+,12+,13+,16+,30?/m0/s1. The summed E-state index contributed by atoms with van der Waals surface area (Å²) in [5.41, 5.74) is 5.88. The fourth-order valence-electron chi connectivity index (χ4n) is 3.14. The largest absolute Gasteiger partial charge is 0.475 e. The summed E-state index contributed by atoms with van der Waals surface area (Å²) >= 11 is 0. The number of phosphoric ester groups is 1. The van der Waals surface area contributed by atoms with Gasteiger partial charge in [-0.15, -0.1) is 5.10 Å². The van der Waals surface area contributed by atoms with Crippen molar-refractivity contribution in [1.29, 1.82) is 0 Å². The Morgan fingerprint density at radius 2 is 2.10 bits per heavy atom. The van der Waals surface area contributed by atoms with E-state index in [1.807, 2.05) is 0 Å². The van der Waals surface area contributed by atoms with Gasteiger partial charge >= 0.3 is 7.82 Å². The highest BCUT2D eigenvalue weighted by Crippen LogP contribution is 2.57. The van der Waals surface area contributed by atoms with E-state index in [1.54, 1.807) is 24.5 Å². The normalized spacial score (nSPS) is 34.1. The number of nitrogens with two attached hydrogens (primary N) is 1. The Hall–Kier alpha value is -2.25. The zero-order chi connectivity index (χ0) is 21.3. The van der Waals surface area contributed by atoms with Crippen molar-refractivity contribution in [2.75, 3.05) is 13.2 Å². The Bertz CT molecular complexity index is 943. The van der Waals surface area contributed by atoms with E-state index in [4.69, 9.17) is 24.0 Å². The molecule has 13 nitrogen and oxygen atoms in total. The van der Waals surface area contributed by atoms with Crippen molar-refractivity contribution in [2.24, 2.45) is 5.73 Å². The zero-order valence-electron chi connectivity index (χ0n) is 15.6. The first kappa shape index (κ1) is 21.0. The van der Waals surface area contributed by atoms with E-state index in [9.17, 15) is 19.6 Å². The van der Waals surface area contributed by atoms with Crippen LogP contribution in [0.15, 0.2) is 30.9 Å². The van der Waals surface area contributed by atoms with Gasteiger partial charge in [-0.3, -0.25) is 23.3 Å². The minimum absolute atomic E-state index is 0.151. The topological polar surface area (TPSA) is 181 Å². The Morgan fingerprint density at radius 1 is 1.33 bits per heavy atom. The van der Waals surface area contributed by atoms with Gasteiger partial charge in [0.05, 0.1) is 19.3 Å². The molecule has 14 heteroatoms.